The molecule has 132 valence electrons. The lowest BCUT2D eigenvalue weighted by Crippen LogP contribution is -2.29. The second-order valence-electron chi connectivity index (χ2n) is 5.75. The zero-order valence-corrected chi connectivity index (χ0v) is 14.7. The Balaban J connectivity index is 1.91. The molecule has 9 heteroatoms. The van der Waals surface area contributed by atoms with Gasteiger partial charge in [-0.3, -0.25) is 4.68 Å². The van der Waals surface area contributed by atoms with Gasteiger partial charge in [-0.2, -0.15) is 10.4 Å². The minimum Gasteiger partial charge on any atom is -0.390 e. The Morgan fingerprint density at radius 3 is 2.80 bits per heavy atom. The molecule has 0 bridgehead atoms. The lowest BCUT2D eigenvalue weighted by atomic mass is 10.2. The Hall–Kier alpha value is -2.60. The van der Waals surface area contributed by atoms with Crippen molar-refractivity contribution in [3.8, 4) is 6.07 Å². The smallest absolute Gasteiger partial charge is 0.323 e. The number of aromatic nitrogens is 2. The summed E-state index contributed by atoms with van der Waals surface area (Å²) in [4.78, 5) is 13.9. The molecule has 0 saturated carbocycles. The molecular formula is C16H19ClN6O2. The zero-order chi connectivity index (χ0) is 18.4. The van der Waals surface area contributed by atoms with Crippen molar-refractivity contribution >= 4 is 29.0 Å². The molecule has 1 heterocycles. The van der Waals surface area contributed by atoms with Crippen LogP contribution in [-0.2, 0) is 6.54 Å². The molecule has 1 aromatic carbocycles. The van der Waals surface area contributed by atoms with E-state index in [0.29, 0.717) is 30.0 Å². The summed E-state index contributed by atoms with van der Waals surface area (Å²) in [5, 5.41) is 28.4. The van der Waals surface area contributed by atoms with Crippen LogP contribution in [0.2, 0.25) is 5.02 Å². The van der Waals surface area contributed by atoms with Gasteiger partial charge < -0.3 is 20.6 Å². The van der Waals surface area contributed by atoms with Gasteiger partial charge in [-0.05, 0) is 32.3 Å². The number of benzene rings is 1. The van der Waals surface area contributed by atoms with E-state index < -0.39 is 12.1 Å². The van der Waals surface area contributed by atoms with Crippen molar-refractivity contribution in [2.24, 2.45) is 0 Å². The van der Waals surface area contributed by atoms with Crippen LogP contribution in [0.25, 0.3) is 0 Å². The molecule has 25 heavy (non-hydrogen) atoms. The van der Waals surface area contributed by atoms with E-state index in [-0.39, 0.29) is 5.02 Å². The summed E-state index contributed by atoms with van der Waals surface area (Å²) >= 11 is 5.93. The standard InChI is InChI=1S/C16H19ClN6O2/c1-22(2)9-14(24)10-23-8-13(7-19-23)21-16(25)20-12-4-3-11(6-18)15(17)5-12/h3-5,7-8,14,24H,9-10H2,1-2H3,(H2,20,21,25). The average molecular weight is 363 g/mol. The molecule has 1 aromatic heterocycles. The van der Waals surface area contributed by atoms with Gasteiger partial charge in [0.25, 0.3) is 0 Å². The summed E-state index contributed by atoms with van der Waals surface area (Å²) in [7, 11) is 3.75. The number of anilines is 2. The van der Waals surface area contributed by atoms with Crippen molar-refractivity contribution in [1.29, 1.82) is 5.26 Å². The number of aliphatic hydroxyl groups excluding tert-OH is 1. The predicted octanol–water partition coefficient (Wildman–Crippen LogP) is 1.97. The maximum Gasteiger partial charge on any atom is 0.323 e. The highest BCUT2D eigenvalue weighted by atomic mass is 35.5. The van der Waals surface area contributed by atoms with Gasteiger partial charge in [0, 0.05) is 18.4 Å². The van der Waals surface area contributed by atoms with Crippen LogP contribution in [0.4, 0.5) is 16.2 Å². The Bertz CT molecular complexity index is 783. The normalized spacial score (nSPS) is 11.8. The number of urea groups is 1. The Morgan fingerprint density at radius 1 is 1.44 bits per heavy atom. The summed E-state index contributed by atoms with van der Waals surface area (Å²) in [5.41, 5.74) is 1.30. The molecule has 2 amide bonds. The summed E-state index contributed by atoms with van der Waals surface area (Å²) < 4.78 is 1.56. The molecule has 8 nitrogen and oxygen atoms in total. The van der Waals surface area contributed by atoms with Crippen molar-refractivity contribution < 1.29 is 9.90 Å². The summed E-state index contributed by atoms with van der Waals surface area (Å²) in [6, 6.07) is 6.11. The Morgan fingerprint density at radius 2 is 2.16 bits per heavy atom. The second-order valence-corrected chi connectivity index (χ2v) is 6.16. The highest BCUT2D eigenvalue weighted by Crippen LogP contribution is 2.20. The van der Waals surface area contributed by atoms with Crippen LogP contribution < -0.4 is 10.6 Å². The predicted molar refractivity (Wildman–Crippen MR) is 95.6 cm³/mol. The highest BCUT2D eigenvalue weighted by Gasteiger charge is 2.10. The molecule has 0 saturated heterocycles. The molecular weight excluding hydrogens is 344 g/mol. The van der Waals surface area contributed by atoms with Crippen LogP contribution in [0.5, 0.6) is 0 Å². The minimum absolute atomic E-state index is 0.267. The number of halogens is 1. The number of hydrogen-bond donors (Lipinski definition) is 3. The molecule has 0 aliphatic rings. The first-order valence-electron chi connectivity index (χ1n) is 7.50. The molecule has 3 N–H and O–H groups in total. The monoisotopic (exact) mass is 362 g/mol. The number of carbonyl (C=O) groups excluding carboxylic acids is 1. The number of nitrogens with zero attached hydrogens (tertiary/aromatic N) is 4. The first-order chi connectivity index (χ1) is 11.9. The van der Waals surface area contributed by atoms with Crippen LogP contribution in [0.1, 0.15) is 5.56 Å². The molecule has 1 unspecified atom stereocenters. The zero-order valence-electron chi connectivity index (χ0n) is 13.9. The van der Waals surface area contributed by atoms with Gasteiger partial charge in [-0.1, -0.05) is 11.6 Å². The maximum atomic E-state index is 12.0. The van der Waals surface area contributed by atoms with E-state index in [2.05, 4.69) is 15.7 Å². The molecule has 0 aliphatic carbocycles. The first-order valence-corrected chi connectivity index (χ1v) is 7.88. The van der Waals surface area contributed by atoms with E-state index >= 15 is 0 Å². The van der Waals surface area contributed by atoms with Crippen LogP contribution in [0.15, 0.2) is 30.6 Å². The lowest BCUT2D eigenvalue weighted by molar-refractivity contribution is 0.116. The van der Waals surface area contributed by atoms with Crippen LogP contribution in [0.3, 0.4) is 0 Å². The van der Waals surface area contributed by atoms with Gasteiger partial charge in [-0.15, -0.1) is 0 Å². The summed E-state index contributed by atoms with van der Waals surface area (Å²) in [6.07, 6.45) is 2.56. The molecule has 0 fully saturated rings. The van der Waals surface area contributed by atoms with Gasteiger partial charge in [0.2, 0.25) is 0 Å². The van der Waals surface area contributed by atoms with Crippen LogP contribution in [0, 0.1) is 11.3 Å². The molecule has 2 aromatic rings. The number of carbonyl (C=O) groups is 1. The largest absolute Gasteiger partial charge is 0.390 e. The summed E-state index contributed by atoms with van der Waals surface area (Å²) in [5.74, 6) is 0. The van der Waals surface area contributed by atoms with Gasteiger partial charge >= 0.3 is 6.03 Å². The van der Waals surface area contributed by atoms with Gasteiger partial charge in [0.1, 0.15) is 6.07 Å². The Kier molecular flexibility index (Phi) is 6.36. The molecule has 0 aliphatic heterocycles. The van der Waals surface area contributed by atoms with Gasteiger partial charge in [0.05, 0.1) is 35.1 Å². The lowest BCUT2D eigenvalue weighted by Gasteiger charge is -2.15. The minimum atomic E-state index is -0.558. The number of hydrogen-bond acceptors (Lipinski definition) is 5. The quantitative estimate of drug-likeness (QED) is 0.728. The maximum absolute atomic E-state index is 12.0. The molecule has 0 spiro atoms. The van der Waals surface area contributed by atoms with Crippen molar-refractivity contribution in [2.45, 2.75) is 12.6 Å². The highest BCUT2D eigenvalue weighted by molar-refractivity contribution is 6.32. The fraction of sp³-hybridized carbons (Fsp3) is 0.312. The third-order valence-corrected chi connectivity index (χ3v) is 3.52. The first kappa shape index (κ1) is 18.7. The molecule has 0 radical (unpaired) electrons. The van der Waals surface area contributed by atoms with Crippen molar-refractivity contribution in [1.82, 2.24) is 14.7 Å². The third-order valence-electron chi connectivity index (χ3n) is 3.21. The van der Waals surface area contributed by atoms with E-state index in [1.807, 2.05) is 25.1 Å². The number of nitriles is 1. The van der Waals surface area contributed by atoms with Crippen molar-refractivity contribution in [2.75, 3.05) is 31.3 Å². The van der Waals surface area contributed by atoms with Gasteiger partial charge in [0.15, 0.2) is 0 Å². The third kappa shape index (κ3) is 5.76. The Labute approximate surface area is 150 Å². The fourth-order valence-electron chi connectivity index (χ4n) is 2.20. The molecule has 1 atom stereocenters. The fourth-order valence-corrected chi connectivity index (χ4v) is 2.42. The topological polar surface area (TPSA) is 106 Å². The van der Waals surface area contributed by atoms with E-state index in [4.69, 9.17) is 16.9 Å². The number of likely N-dealkylation sites (N-methyl/N-ethyl adjacent to an activating group) is 1. The van der Waals surface area contributed by atoms with Crippen molar-refractivity contribution in [3.05, 3.63) is 41.2 Å². The number of nitrogens with one attached hydrogen (secondary N) is 2. The second kappa shape index (κ2) is 8.48. The van der Waals surface area contributed by atoms with E-state index in [1.54, 1.807) is 16.9 Å². The number of aliphatic hydroxyl groups is 1. The number of rotatable bonds is 6. The average Bonchev–Trinajstić information content (AvgIpc) is 2.93. The van der Waals surface area contributed by atoms with Gasteiger partial charge in [-0.25, -0.2) is 4.79 Å². The molecule has 2 rings (SSSR count). The van der Waals surface area contributed by atoms with Crippen LogP contribution >= 0.6 is 11.6 Å². The SMILES string of the molecule is CN(C)CC(O)Cn1cc(NC(=O)Nc2ccc(C#N)c(Cl)c2)cn1. The van der Waals surface area contributed by atoms with E-state index in [9.17, 15) is 9.90 Å². The summed E-state index contributed by atoms with van der Waals surface area (Å²) in [6.45, 7) is 0.843. The van der Waals surface area contributed by atoms with E-state index in [1.165, 1.54) is 18.3 Å². The van der Waals surface area contributed by atoms with Crippen molar-refractivity contribution in [3.63, 3.8) is 0 Å². The van der Waals surface area contributed by atoms with Crippen LogP contribution in [-0.4, -0.2) is 52.6 Å². The van der Waals surface area contributed by atoms with E-state index in [0.717, 1.165) is 0 Å². The number of amides is 2.